The third-order valence-corrected chi connectivity index (χ3v) is 4.06. The summed E-state index contributed by atoms with van der Waals surface area (Å²) in [7, 11) is 2.85. The van der Waals surface area contributed by atoms with Crippen LogP contribution in [0.5, 0.6) is 0 Å². The molecule has 1 aliphatic rings. The summed E-state index contributed by atoms with van der Waals surface area (Å²) in [4.78, 5) is 14.6. The average molecular weight is 308 g/mol. The van der Waals surface area contributed by atoms with E-state index < -0.39 is 5.79 Å². The van der Waals surface area contributed by atoms with Crippen molar-refractivity contribution in [3.05, 3.63) is 65.2 Å². The van der Waals surface area contributed by atoms with Crippen LogP contribution in [0.25, 0.3) is 0 Å². The highest BCUT2D eigenvalue weighted by atomic mass is 16.7. The van der Waals surface area contributed by atoms with E-state index in [-0.39, 0.29) is 5.91 Å². The van der Waals surface area contributed by atoms with E-state index in [9.17, 15) is 4.79 Å². The van der Waals surface area contributed by atoms with Crippen molar-refractivity contribution < 1.29 is 14.3 Å². The van der Waals surface area contributed by atoms with Crippen LogP contribution in [0.2, 0.25) is 0 Å². The SMILES string of the molecule is COC1(OC)C(=O)N(Cc2ccccc2)c2ccc(C#N)cc21. The molecule has 0 aliphatic carbocycles. The van der Waals surface area contributed by atoms with Crippen molar-refractivity contribution in [2.45, 2.75) is 12.3 Å². The van der Waals surface area contributed by atoms with Gasteiger partial charge >= 0.3 is 0 Å². The molecule has 0 spiro atoms. The molecule has 116 valence electrons. The second kappa shape index (κ2) is 5.84. The molecular weight excluding hydrogens is 292 g/mol. The summed E-state index contributed by atoms with van der Waals surface area (Å²) in [6.45, 7) is 0.410. The summed E-state index contributed by atoms with van der Waals surface area (Å²) in [6.07, 6.45) is 0. The molecular formula is C18H16N2O3. The highest BCUT2D eigenvalue weighted by molar-refractivity contribution is 6.06. The van der Waals surface area contributed by atoms with Crippen LogP contribution in [0.4, 0.5) is 5.69 Å². The van der Waals surface area contributed by atoms with Crippen molar-refractivity contribution in [1.29, 1.82) is 5.26 Å². The maximum atomic E-state index is 12.9. The van der Waals surface area contributed by atoms with Gasteiger partial charge in [-0.3, -0.25) is 4.79 Å². The normalized spacial score (nSPS) is 15.3. The van der Waals surface area contributed by atoms with Gasteiger partial charge in [-0.05, 0) is 23.8 Å². The fourth-order valence-corrected chi connectivity index (χ4v) is 2.91. The van der Waals surface area contributed by atoms with Crippen molar-refractivity contribution in [3.8, 4) is 6.07 Å². The summed E-state index contributed by atoms with van der Waals surface area (Å²) in [6, 6.07) is 16.9. The summed E-state index contributed by atoms with van der Waals surface area (Å²) >= 11 is 0. The van der Waals surface area contributed by atoms with Crippen molar-refractivity contribution in [3.63, 3.8) is 0 Å². The second-order valence-corrected chi connectivity index (χ2v) is 5.25. The number of amides is 1. The number of ether oxygens (including phenoxy) is 2. The van der Waals surface area contributed by atoms with Crippen LogP contribution in [-0.2, 0) is 26.6 Å². The van der Waals surface area contributed by atoms with E-state index in [1.54, 1.807) is 23.1 Å². The first-order valence-electron chi connectivity index (χ1n) is 7.17. The molecule has 0 unspecified atom stereocenters. The predicted octanol–water partition coefficient (Wildman–Crippen LogP) is 2.55. The minimum atomic E-state index is -1.50. The molecule has 0 radical (unpaired) electrons. The van der Waals surface area contributed by atoms with Crippen LogP contribution in [-0.4, -0.2) is 20.1 Å². The van der Waals surface area contributed by atoms with E-state index >= 15 is 0 Å². The lowest BCUT2D eigenvalue weighted by Crippen LogP contribution is -2.43. The second-order valence-electron chi connectivity index (χ2n) is 5.25. The quantitative estimate of drug-likeness (QED) is 0.814. The molecule has 0 atom stereocenters. The number of nitrogens with zero attached hydrogens (tertiary/aromatic N) is 2. The minimum absolute atomic E-state index is 0.295. The molecule has 2 aromatic rings. The van der Waals surface area contributed by atoms with Gasteiger partial charge < -0.3 is 14.4 Å². The van der Waals surface area contributed by atoms with Gasteiger partial charge in [0.1, 0.15) is 0 Å². The minimum Gasteiger partial charge on any atom is -0.342 e. The smallest absolute Gasteiger partial charge is 0.292 e. The zero-order chi connectivity index (χ0) is 16.4. The molecule has 1 heterocycles. The lowest BCUT2D eigenvalue weighted by Gasteiger charge is -2.25. The first kappa shape index (κ1) is 15.2. The Bertz CT molecular complexity index is 777. The fourth-order valence-electron chi connectivity index (χ4n) is 2.91. The molecule has 1 aliphatic heterocycles. The van der Waals surface area contributed by atoms with Crippen molar-refractivity contribution in [2.24, 2.45) is 0 Å². The number of benzene rings is 2. The Balaban J connectivity index is 2.10. The van der Waals surface area contributed by atoms with Gasteiger partial charge in [0.15, 0.2) is 0 Å². The van der Waals surface area contributed by atoms with E-state index in [1.165, 1.54) is 14.2 Å². The summed E-state index contributed by atoms with van der Waals surface area (Å²) in [5, 5.41) is 9.12. The maximum absolute atomic E-state index is 12.9. The van der Waals surface area contributed by atoms with Crippen LogP contribution in [0.15, 0.2) is 48.5 Å². The largest absolute Gasteiger partial charge is 0.342 e. The van der Waals surface area contributed by atoms with Gasteiger partial charge in [0.2, 0.25) is 0 Å². The Morgan fingerprint density at radius 3 is 2.43 bits per heavy atom. The Morgan fingerprint density at radius 2 is 1.83 bits per heavy atom. The number of fused-ring (bicyclic) bond motifs is 1. The molecule has 0 saturated heterocycles. The number of nitriles is 1. The number of hydrogen-bond donors (Lipinski definition) is 0. The number of carbonyl (C=O) groups excluding carboxylic acids is 1. The lowest BCUT2D eigenvalue weighted by atomic mass is 10.0. The molecule has 0 fully saturated rings. The van der Waals surface area contributed by atoms with Crippen molar-refractivity contribution in [1.82, 2.24) is 0 Å². The topological polar surface area (TPSA) is 62.6 Å². The highest BCUT2D eigenvalue weighted by Crippen LogP contribution is 2.44. The van der Waals surface area contributed by atoms with Gasteiger partial charge in [-0.25, -0.2) is 0 Å². The molecule has 5 heteroatoms. The molecule has 0 bridgehead atoms. The van der Waals surface area contributed by atoms with E-state index in [1.807, 2.05) is 30.3 Å². The van der Waals surface area contributed by atoms with Gasteiger partial charge in [0.05, 0.1) is 23.9 Å². The highest BCUT2D eigenvalue weighted by Gasteiger charge is 2.52. The molecule has 0 N–H and O–H groups in total. The summed E-state index contributed by atoms with van der Waals surface area (Å²) in [5.74, 6) is -1.80. The Morgan fingerprint density at radius 1 is 1.13 bits per heavy atom. The lowest BCUT2D eigenvalue weighted by molar-refractivity contribution is -0.209. The van der Waals surface area contributed by atoms with Crippen LogP contribution < -0.4 is 4.90 Å². The summed E-state index contributed by atoms with van der Waals surface area (Å²) in [5.41, 5.74) is 2.71. The van der Waals surface area contributed by atoms with Gasteiger partial charge in [-0.1, -0.05) is 30.3 Å². The molecule has 1 amide bonds. The molecule has 2 aromatic carbocycles. The van der Waals surface area contributed by atoms with Gasteiger partial charge in [0.25, 0.3) is 11.7 Å². The molecule has 5 nitrogen and oxygen atoms in total. The van der Waals surface area contributed by atoms with E-state index in [4.69, 9.17) is 14.7 Å². The number of methoxy groups -OCH3 is 2. The van der Waals surface area contributed by atoms with Gasteiger partial charge in [-0.2, -0.15) is 5.26 Å². The standard InChI is InChI=1S/C18H16N2O3/c1-22-18(23-2)15-10-14(11-19)8-9-16(15)20(17(18)21)12-13-6-4-3-5-7-13/h3-10H,12H2,1-2H3. The number of anilines is 1. The zero-order valence-electron chi connectivity index (χ0n) is 12.9. The predicted molar refractivity (Wildman–Crippen MR) is 84.5 cm³/mol. The molecule has 0 aromatic heterocycles. The molecule has 3 rings (SSSR count). The number of rotatable bonds is 4. The van der Waals surface area contributed by atoms with Crippen LogP contribution in [0.3, 0.4) is 0 Å². The van der Waals surface area contributed by atoms with E-state index in [0.717, 1.165) is 5.56 Å². The van der Waals surface area contributed by atoms with Crippen LogP contribution >= 0.6 is 0 Å². The third kappa shape index (κ3) is 2.29. The fraction of sp³-hybridized carbons (Fsp3) is 0.222. The van der Waals surface area contributed by atoms with E-state index in [0.29, 0.717) is 23.4 Å². The average Bonchev–Trinajstić information content (AvgIpc) is 2.84. The molecule has 23 heavy (non-hydrogen) atoms. The van der Waals surface area contributed by atoms with Crippen molar-refractivity contribution >= 4 is 11.6 Å². The number of carbonyl (C=O) groups is 1. The first-order valence-corrected chi connectivity index (χ1v) is 7.17. The van der Waals surface area contributed by atoms with Crippen LogP contribution in [0, 0.1) is 11.3 Å². The zero-order valence-corrected chi connectivity index (χ0v) is 12.9. The maximum Gasteiger partial charge on any atom is 0.292 e. The molecule has 0 saturated carbocycles. The monoisotopic (exact) mass is 308 g/mol. The Kier molecular flexibility index (Phi) is 3.87. The van der Waals surface area contributed by atoms with Crippen molar-refractivity contribution in [2.75, 3.05) is 19.1 Å². The number of hydrogen-bond acceptors (Lipinski definition) is 4. The van der Waals surface area contributed by atoms with E-state index in [2.05, 4.69) is 6.07 Å². The third-order valence-electron chi connectivity index (χ3n) is 4.06. The first-order chi connectivity index (χ1) is 11.2. The van der Waals surface area contributed by atoms with Crippen LogP contribution in [0.1, 0.15) is 16.7 Å². The Hall–Kier alpha value is -2.68. The summed E-state index contributed by atoms with van der Waals surface area (Å²) < 4.78 is 10.9. The van der Waals surface area contributed by atoms with Gasteiger partial charge in [0, 0.05) is 19.8 Å². The Labute approximate surface area is 134 Å². The van der Waals surface area contributed by atoms with Gasteiger partial charge in [-0.15, -0.1) is 0 Å².